The molecule has 0 N–H and O–H groups in total. The van der Waals surface area contributed by atoms with E-state index in [9.17, 15) is 31.1 Å². The van der Waals surface area contributed by atoms with Crippen LogP contribution in [0.25, 0.3) is 0 Å². The highest BCUT2D eigenvalue weighted by Crippen LogP contribution is 2.36. The lowest BCUT2D eigenvalue weighted by Crippen LogP contribution is -2.21. The van der Waals surface area contributed by atoms with E-state index < -0.39 is 46.4 Å². The highest BCUT2D eigenvalue weighted by molar-refractivity contribution is 6.68. The van der Waals surface area contributed by atoms with Gasteiger partial charge in [0.1, 0.15) is 0 Å². The van der Waals surface area contributed by atoms with Crippen LogP contribution in [0.5, 0.6) is 5.88 Å². The van der Waals surface area contributed by atoms with Crippen LogP contribution in [0.3, 0.4) is 0 Å². The van der Waals surface area contributed by atoms with Crippen LogP contribution in [0.15, 0.2) is 6.07 Å². The Morgan fingerprint density at radius 3 is 2.15 bits per heavy atom. The molecule has 20 heavy (non-hydrogen) atoms. The SMILES string of the molecule is O=C(Cl)c1cc(C(F)(F)F)c(CCl)nc1OC(F)(F)F. The van der Waals surface area contributed by atoms with Gasteiger partial charge in [0.05, 0.1) is 22.7 Å². The minimum atomic E-state index is -5.25. The summed E-state index contributed by atoms with van der Waals surface area (Å²) in [5.41, 5.74) is -3.55. The first kappa shape index (κ1) is 16.8. The number of halogens is 8. The third-order valence-electron chi connectivity index (χ3n) is 1.92. The van der Waals surface area contributed by atoms with Crippen LogP contribution in [0.4, 0.5) is 26.3 Å². The molecule has 0 saturated carbocycles. The quantitative estimate of drug-likeness (QED) is 0.471. The molecule has 112 valence electrons. The number of alkyl halides is 7. The van der Waals surface area contributed by atoms with Gasteiger partial charge in [0.2, 0.25) is 5.88 Å². The zero-order chi connectivity index (χ0) is 15.7. The van der Waals surface area contributed by atoms with Crippen molar-refractivity contribution < 1.29 is 35.9 Å². The molecule has 0 atom stereocenters. The van der Waals surface area contributed by atoms with E-state index in [4.69, 9.17) is 23.2 Å². The second kappa shape index (κ2) is 5.65. The average molecular weight is 342 g/mol. The molecule has 3 nitrogen and oxygen atoms in total. The van der Waals surface area contributed by atoms with Crippen LogP contribution < -0.4 is 4.74 Å². The molecule has 0 aromatic carbocycles. The number of pyridine rings is 1. The number of nitrogens with zero attached hydrogens (tertiary/aromatic N) is 1. The van der Waals surface area contributed by atoms with Gasteiger partial charge in [0, 0.05) is 0 Å². The maximum Gasteiger partial charge on any atom is 0.574 e. The summed E-state index contributed by atoms with van der Waals surface area (Å²) in [6, 6.07) is 0.112. The number of ether oxygens (including phenoxy) is 1. The lowest BCUT2D eigenvalue weighted by Gasteiger charge is -2.15. The van der Waals surface area contributed by atoms with E-state index in [0.29, 0.717) is 0 Å². The van der Waals surface area contributed by atoms with Crippen LogP contribution in [0.1, 0.15) is 21.6 Å². The van der Waals surface area contributed by atoms with Crippen LogP contribution in [0, 0.1) is 0 Å². The molecule has 1 heterocycles. The Morgan fingerprint density at radius 1 is 1.25 bits per heavy atom. The lowest BCUT2D eigenvalue weighted by atomic mass is 10.1. The van der Waals surface area contributed by atoms with E-state index in [0.717, 1.165) is 0 Å². The Balaban J connectivity index is 3.50. The van der Waals surface area contributed by atoms with Crippen molar-refractivity contribution in [2.45, 2.75) is 18.4 Å². The number of hydrogen-bond donors (Lipinski definition) is 0. The molecule has 0 spiro atoms. The topological polar surface area (TPSA) is 39.2 Å². The van der Waals surface area contributed by atoms with Crippen molar-refractivity contribution in [3.63, 3.8) is 0 Å². The van der Waals surface area contributed by atoms with Crippen molar-refractivity contribution in [3.8, 4) is 5.88 Å². The molecule has 0 aliphatic heterocycles. The predicted octanol–water partition coefficient (Wildman–Crippen LogP) is 4.12. The first-order valence-electron chi connectivity index (χ1n) is 4.58. The lowest BCUT2D eigenvalue weighted by molar-refractivity contribution is -0.276. The third-order valence-corrected chi connectivity index (χ3v) is 2.38. The van der Waals surface area contributed by atoms with E-state index in [2.05, 4.69) is 9.72 Å². The summed E-state index contributed by atoms with van der Waals surface area (Å²) in [7, 11) is 0. The Bertz CT molecular complexity index is 528. The molecule has 11 heteroatoms. The van der Waals surface area contributed by atoms with Crippen LogP contribution in [-0.2, 0) is 12.1 Å². The average Bonchev–Trinajstić information content (AvgIpc) is 2.24. The Kier molecular flexibility index (Phi) is 4.75. The van der Waals surface area contributed by atoms with Gasteiger partial charge < -0.3 is 4.74 Å². The summed E-state index contributed by atoms with van der Waals surface area (Å²) in [6.45, 7) is 0. The summed E-state index contributed by atoms with van der Waals surface area (Å²) in [5, 5.41) is -1.58. The maximum absolute atomic E-state index is 12.6. The minimum Gasteiger partial charge on any atom is -0.387 e. The molecule has 0 bridgehead atoms. The van der Waals surface area contributed by atoms with Gasteiger partial charge in [-0.3, -0.25) is 4.79 Å². The molecule has 0 saturated heterocycles. The Hall–Kier alpha value is -1.22. The van der Waals surface area contributed by atoms with Gasteiger partial charge in [-0.2, -0.15) is 13.2 Å². The number of carbonyl (C=O) groups is 1. The first-order valence-corrected chi connectivity index (χ1v) is 5.49. The van der Waals surface area contributed by atoms with Gasteiger partial charge in [0.15, 0.2) is 0 Å². The second-order valence-corrected chi connectivity index (χ2v) is 3.90. The van der Waals surface area contributed by atoms with Gasteiger partial charge in [-0.1, -0.05) is 0 Å². The molecule has 1 aromatic rings. The van der Waals surface area contributed by atoms with Gasteiger partial charge in [-0.05, 0) is 17.7 Å². The van der Waals surface area contributed by atoms with Gasteiger partial charge in [0.25, 0.3) is 5.24 Å². The molecule has 0 amide bonds. The normalized spacial score (nSPS) is 12.4. The van der Waals surface area contributed by atoms with Crippen LogP contribution in [-0.4, -0.2) is 16.6 Å². The molecule has 0 aliphatic carbocycles. The summed E-state index contributed by atoms with van der Waals surface area (Å²) >= 11 is 10.1. The van der Waals surface area contributed by atoms with E-state index in [1.54, 1.807) is 0 Å². The molecular weight excluding hydrogens is 339 g/mol. The molecule has 0 unspecified atom stereocenters. The number of rotatable bonds is 3. The van der Waals surface area contributed by atoms with E-state index in [1.165, 1.54) is 0 Å². The second-order valence-electron chi connectivity index (χ2n) is 3.29. The summed E-state index contributed by atoms with van der Waals surface area (Å²) in [4.78, 5) is 13.9. The van der Waals surface area contributed by atoms with E-state index in [1.807, 2.05) is 0 Å². The van der Waals surface area contributed by atoms with Crippen LogP contribution >= 0.6 is 23.2 Å². The van der Waals surface area contributed by atoms with Gasteiger partial charge in [-0.25, -0.2) is 4.98 Å². The monoisotopic (exact) mass is 341 g/mol. The fourth-order valence-electron chi connectivity index (χ4n) is 1.21. The van der Waals surface area contributed by atoms with Gasteiger partial charge in [-0.15, -0.1) is 24.8 Å². The van der Waals surface area contributed by atoms with E-state index >= 15 is 0 Å². The highest BCUT2D eigenvalue weighted by Gasteiger charge is 2.38. The number of carbonyl (C=O) groups excluding carboxylic acids is 1. The molecule has 0 radical (unpaired) electrons. The molecular formula is C9H3Cl2F6NO2. The zero-order valence-corrected chi connectivity index (χ0v) is 10.6. The van der Waals surface area contributed by atoms with Crippen LogP contribution in [0.2, 0.25) is 0 Å². The maximum atomic E-state index is 12.6. The zero-order valence-electron chi connectivity index (χ0n) is 9.07. The standard InChI is InChI=1S/C9H3Cl2F6NO2/c10-2-5-4(8(12,13)14)1-3(6(11)19)7(18-5)20-9(15,16)17/h1H,2H2. The first-order chi connectivity index (χ1) is 8.95. The predicted molar refractivity (Wildman–Crippen MR) is 55.7 cm³/mol. The summed E-state index contributed by atoms with van der Waals surface area (Å²) < 4.78 is 77.5. The van der Waals surface area contributed by atoms with Gasteiger partial charge >= 0.3 is 12.5 Å². The molecule has 0 fully saturated rings. The van der Waals surface area contributed by atoms with Crippen molar-refractivity contribution >= 4 is 28.4 Å². The smallest absolute Gasteiger partial charge is 0.387 e. The molecule has 0 aliphatic rings. The Labute approximate surface area is 117 Å². The fourth-order valence-corrected chi connectivity index (χ4v) is 1.55. The summed E-state index contributed by atoms with van der Waals surface area (Å²) in [5.74, 6) is -2.22. The minimum absolute atomic E-state index is 0.112. The number of hydrogen-bond acceptors (Lipinski definition) is 3. The van der Waals surface area contributed by atoms with Crippen molar-refractivity contribution in [1.82, 2.24) is 4.98 Å². The largest absolute Gasteiger partial charge is 0.574 e. The van der Waals surface area contributed by atoms with Crippen molar-refractivity contribution in [3.05, 3.63) is 22.9 Å². The van der Waals surface area contributed by atoms with Crippen molar-refractivity contribution in [2.75, 3.05) is 0 Å². The fraction of sp³-hybridized carbons (Fsp3) is 0.333. The Morgan fingerprint density at radius 2 is 1.80 bits per heavy atom. The molecule has 1 aromatic heterocycles. The van der Waals surface area contributed by atoms with Crippen molar-refractivity contribution in [1.29, 1.82) is 0 Å². The third kappa shape index (κ3) is 4.14. The summed E-state index contributed by atoms with van der Waals surface area (Å²) in [6.07, 6.45) is -10.2. The van der Waals surface area contributed by atoms with Crippen molar-refractivity contribution in [2.24, 2.45) is 0 Å². The highest BCUT2D eigenvalue weighted by atomic mass is 35.5. The number of aromatic nitrogens is 1. The van der Waals surface area contributed by atoms with E-state index in [-0.39, 0.29) is 6.07 Å². The molecule has 1 rings (SSSR count).